The number of rotatable bonds is 4. The van der Waals surface area contributed by atoms with Crippen molar-refractivity contribution in [3.05, 3.63) is 10.4 Å². The Bertz CT molecular complexity index is 422. The molecule has 1 rings (SSSR count). The molecular formula is C12H20N4O4. The van der Waals surface area contributed by atoms with E-state index in [4.69, 9.17) is 15.0 Å². The Balaban J connectivity index is 2.90. The zero-order chi connectivity index (χ0) is 15.3. The van der Waals surface area contributed by atoms with Crippen LogP contribution in [0.5, 0.6) is 0 Å². The first kappa shape index (κ1) is 16.3. The van der Waals surface area contributed by atoms with Gasteiger partial charge < -0.3 is 14.8 Å². The average Bonchev–Trinajstić information content (AvgIpc) is 2.35. The number of hydrogen-bond donors (Lipinski definition) is 1. The molecule has 8 nitrogen and oxygen atoms in total. The van der Waals surface area contributed by atoms with Gasteiger partial charge in [-0.25, -0.2) is 0 Å². The Morgan fingerprint density at radius 3 is 2.50 bits per heavy atom. The van der Waals surface area contributed by atoms with E-state index in [-0.39, 0.29) is 30.4 Å². The number of ether oxygens (including phenoxy) is 2. The third-order valence-corrected chi connectivity index (χ3v) is 3.56. The predicted octanol–water partition coefficient (Wildman–Crippen LogP) is 1.36. The number of azide groups is 1. The number of nitrogens with one attached hydrogen (secondary N) is 1. The molecule has 1 N–H and O–H groups in total. The van der Waals surface area contributed by atoms with Gasteiger partial charge in [-0.15, -0.1) is 0 Å². The van der Waals surface area contributed by atoms with Crippen LogP contribution in [0.2, 0.25) is 0 Å². The summed E-state index contributed by atoms with van der Waals surface area (Å²) in [5.74, 6) is -0.655. The van der Waals surface area contributed by atoms with Gasteiger partial charge in [-0.3, -0.25) is 9.59 Å². The van der Waals surface area contributed by atoms with Gasteiger partial charge in [0, 0.05) is 18.8 Å². The molecule has 20 heavy (non-hydrogen) atoms. The maximum absolute atomic E-state index is 11.3. The lowest BCUT2D eigenvalue weighted by Crippen LogP contribution is -2.58. The Morgan fingerprint density at radius 1 is 1.35 bits per heavy atom. The van der Waals surface area contributed by atoms with Gasteiger partial charge in [-0.1, -0.05) is 19.0 Å². The lowest BCUT2D eigenvalue weighted by molar-refractivity contribution is -0.229. The van der Waals surface area contributed by atoms with Crippen molar-refractivity contribution in [1.82, 2.24) is 5.32 Å². The molecule has 1 aliphatic rings. The van der Waals surface area contributed by atoms with Crippen molar-refractivity contribution in [2.75, 3.05) is 6.54 Å². The third-order valence-electron chi connectivity index (χ3n) is 3.56. The Hall–Kier alpha value is -1.79. The fourth-order valence-electron chi connectivity index (χ4n) is 2.32. The molecule has 1 heterocycles. The quantitative estimate of drug-likeness (QED) is 0.363. The molecule has 0 aromatic rings. The van der Waals surface area contributed by atoms with Crippen molar-refractivity contribution < 1.29 is 19.1 Å². The molecule has 1 fully saturated rings. The van der Waals surface area contributed by atoms with Gasteiger partial charge in [0.25, 0.3) is 0 Å². The number of esters is 1. The molecule has 112 valence electrons. The largest absolute Gasteiger partial charge is 0.434 e. The van der Waals surface area contributed by atoms with Gasteiger partial charge in [-0.05, 0) is 17.4 Å². The van der Waals surface area contributed by atoms with Crippen LogP contribution in [0, 0.1) is 11.8 Å². The highest BCUT2D eigenvalue weighted by atomic mass is 16.7. The van der Waals surface area contributed by atoms with Crippen molar-refractivity contribution in [2.24, 2.45) is 17.0 Å². The van der Waals surface area contributed by atoms with E-state index in [1.807, 2.05) is 13.8 Å². The minimum atomic E-state index is -0.874. The molecule has 0 aliphatic carbocycles. The van der Waals surface area contributed by atoms with Crippen LogP contribution in [0.25, 0.3) is 10.4 Å². The molecule has 5 unspecified atom stereocenters. The van der Waals surface area contributed by atoms with Crippen molar-refractivity contribution in [3.8, 4) is 0 Å². The van der Waals surface area contributed by atoms with Crippen LogP contribution in [-0.4, -0.2) is 36.9 Å². The molecule has 0 radical (unpaired) electrons. The smallest absolute Gasteiger partial charge is 0.305 e. The topological polar surface area (TPSA) is 113 Å². The minimum absolute atomic E-state index is 0.0101. The summed E-state index contributed by atoms with van der Waals surface area (Å²) in [6, 6.07) is -0.422. The van der Waals surface area contributed by atoms with Crippen LogP contribution in [-0.2, 0) is 19.1 Å². The summed E-state index contributed by atoms with van der Waals surface area (Å²) in [5.41, 5.74) is 8.39. The molecule has 1 amide bonds. The van der Waals surface area contributed by atoms with Gasteiger partial charge in [-0.2, -0.15) is 0 Å². The average molecular weight is 284 g/mol. The first-order chi connectivity index (χ1) is 9.36. The second kappa shape index (κ2) is 7.12. The highest BCUT2D eigenvalue weighted by molar-refractivity contribution is 5.73. The molecule has 0 aromatic carbocycles. The van der Waals surface area contributed by atoms with E-state index in [9.17, 15) is 9.59 Å². The van der Waals surface area contributed by atoms with Crippen LogP contribution in [0.4, 0.5) is 0 Å². The summed E-state index contributed by atoms with van der Waals surface area (Å²) in [6.07, 6.45) is -1.23. The fourth-order valence-corrected chi connectivity index (χ4v) is 2.32. The fraction of sp³-hybridized carbons (Fsp3) is 0.833. The molecule has 5 atom stereocenters. The Kier molecular flexibility index (Phi) is 5.79. The van der Waals surface area contributed by atoms with Crippen molar-refractivity contribution in [1.29, 1.82) is 0 Å². The molecule has 1 saturated heterocycles. The van der Waals surface area contributed by atoms with Crippen LogP contribution in [0.15, 0.2) is 5.11 Å². The van der Waals surface area contributed by atoms with Gasteiger partial charge in [0.15, 0.2) is 0 Å². The first-order valence-electron chi connectivity index (χ1n) is 6.47. The van der Waals surface area contributed by atoms with Crippen LogP contribution in [0.1, 0.15) is 27.7 Å². The van der Waals surface area contributed by atoms with Gasteiger partial charge in [0.1, 0.15) is 0 Å². The maximum atomic E-state index is 11.3. The first-order valence-corrected chi connectivity index (χ1v) is 6.47. The molecule has 8 heteroatoms. The standard InChI is InChI=1S/C12H20N4O4/c1-6-7(2)11(15-8(3)17)12(19-9(4)18)20-10(6)5-14-16-13/h6-7,10-12H,5H2,1-4H3,(H,15,17). The minimum Gasteiger partial charge on any atom is -0.434 e. The van der Waals surface area contributed by atoms with Crippen molar-refractivity contribution in [2.45, 2.75) is 46.1 Å². The van der Waals surface area contributed by atoms with E-state index in [1.165, 1.54) is 13.8 Å². The second-order valence-electron chi connectivity index (χ2n) is 5.01. The summed E-state index contributed by atoms with van der Waals surface area (Å²) < 4.78 is 10.8. The summed E-state index contributed by atoms with van der Waals surface area (Å²) >= 11 is 0. The van der Waals surface area contributed by atoms with Gasteiger partial charge >= 0.3 is 5.97 Å². The van der Waals surface area contributed by atoms with E-state index < -0.39 is 18.3 Å². The summed E-state index contributed by atoms with van der Waals surface area (Å²) in [6.45, 7) is 6.72. The number of carbonyl (C=O) groups is 2. The lowest BCUT2D eigenvalue weighted by Gasteiger charge is -2.43. The predicted molar refractivity (Wildman–Crippen MR) is 70.4 cm³/mol. The molecule has 0 bridgehead atoms. The Labute approximate surface area is 117 Å². The van der Waals surface area contributed by atoms with E-state index in [0.717, 1.165) is 0 Å². The summed E-state index contributed by atoms with van der Waals surface area (Å²) in [7, 11) is 0. The third kappa shape index (κ3) is 4.11. The highest BCUT2D eigenvalue weighted by Crippen LogP contribution is 2.31. The highest BCUT2D eigenvalue weighted by Gasteiger charge is 2.43. The summed E-state index contributed by atoms with van der Waals surface area (Å²) in [4.78, 5) is 25.1. The van der Waals surface area contributed by atoms with Crippen LogP contribution >= 0.6 is 0 Å². The van der Waals surface area contributed by atoms with E-state index in [1.54, 1.807) is 0 Å². The Morgan fingerprint density at radius 2 is 2.00 bits per heavy atom. The molecular weight excluding hydrogens is 264 g/mol. The van der Waals surface area contributed by atoms with Gasteiger partial charge in [0.2, 0.25) is 12.2 Å². The molecule has 0 spiro atoms. The normalized spacial score (nSPS) is 32.9. The summed E-state index contributed by atoms with van der Waals surface area (Å²) in [5, 5.41) is 6.26. The van der Waals surface area contributed by atoms with Crippen LogP contribution in [0.3, 0.4) is 0 Å². The van der Waals surface area contributed by atoms with E-state index >= 15 is 0 Å². The van der Waals surface area contributed by atoms with Gasteiger partial charge in [0.05, 0.1) is 18.7 Å². The maximum Gasteiger partial charge on any atom is 0.305 e. The van der Waals surface area contributed by atoms with Crippen molar-refractivity contribution in [3.63, 3.8) is 0 Å². The molecule has 0 aromatic heterocycles. The molecule has 0 saturated carbocycles. The van der Waals surface area contributed by atoms with E-state index in [2.05, 4.69) is 15.3 Å². The second-order valence-corrected chi connectivity index (χ2v) is 5.01. The number of carbonyl (C=O) groups excluding carboxylic acids is 2. The zero-order valence-corrected chi connectivity index (χ0v) is 12.1. The monoisotopic (exact) mass is 284 g/mol. The molecule has 1 aliphatic heterocycles. The van der Waals surface area contributed by atoms with E-state index in [0.29, 0.717) is 0 Å². The van der Waals surface area contributed by atoms with Crippen molar-refractivity contribution >= 4 is 11.9 Å². The lowest BCUT2D eigenvalue weighted by atomic mass is 9.82. The number of nitrogens with zero attached hydrogens (tertiary/aromatic N) is 3. The number of hydrogen-bond acceptors (Lipinski definition) is 5. The SMILES string of the molecule is CC(=O)NC1C(OC(C)=O)OC(CN=[N+]=[N-])C(C)C1C. The van der Waals surface area contributed by atoms with Crippen LogP contribution < -0.4 is 5.32 Å². The number of amides is 1. The zero-order valence-electron chi connectivity index (χ0n) is 12.1.